The van der Waals surface area contributed by atoms with Crippen molar-refractivity contribution in [2.45, 2.75) is 29.7 Å². The molecular formula is C13H20N6S. The second-order valence-electron chi connectivity index (χ2n) is 5.23. The molecule has 1 saturated heterocycles. The van der Waals surface area contributed by atoms with Crippen LogP contribution in [0.1, 0.15) is 30.3 Å². The van der Waals surface area contributed by atoms with E-state index in [0.717, 1.165) is 29.8 Å². The van der Waals surface area contributed by atoms with E-state index >= 15 is 0 Å². The normalized spacial score (nSPS) is 19.4. The molecule has 108 valence electrons. The molecule has 0 radical (unpaired) electrons. The van der Waals surface area contributed by atoms with Gasteiger partial charge in [-0.3, -0.25) is 0 Å². The van der Waals surface area contributed by atoms with Crippen molar-refractivity contribution in [1.82, 2.24) is 29.6 Å². The molecule has 2 aromatic rings. The summed E-state index contributed by atoms with van der Waals surface area (Å²) in [5.41, 5.74) is 1.19. The molecule has 20 heavy (non-hydrogen) atoms. The van der Waals surface area contributed by atoms with E-state index in [4.69, 9.17) is 0 Å². The Hall–Kier alpha value is -1.34. The highest BCUT2D eigenvalue weighted by Crippen LogP contribution is 2.26. The zero-order valence-corrected chi connectivity index (χ0v) is 12.7. The molecule has 6 nitrogen and oxygen atoms in total. The molecular weight excluding hydrogens is 272 g/mol. The molecule has 1 fully saturated rings. The van der Waals surface area contributed by atoms with Crippen LogP contribution in [0.3, 0.4) is 0 Å². The number of hydrogen-bond donors (Lipinski definition) is 1. The fourth-order valence-corrected chi connectivity index (χ4v) is 3.48. The lowest BCUT2D eigenvalue weighted by atomic mass is 9.99. The summed E-state index contributed by atoms with van der Waals surface area (Å²) in [6.45, 7) is 2.13. The van der Waals surface area contributed by atoms with Crippen LogP contribution in [0.15, 0.2) is 17.7 Å². The topological polar surface area (TPSA) is 60.6 Å². The number of piperidine rings is 1. The first-order valence-corrected chi connectivity index (χ1v) is 7.92. The Morgan fingerprint density at radius 2 is 2.30 bits per heavy atom. The maximum absolute atomic E-state index is 4.39. The van der Waals surface area contributed by atoms with Crippen molar-refractivity contribution in [1.29, 1.82) is 0 Å². The van der Waals surface area contributed by atoms with E-state index in [2.05, 4.69) is 32.1 Å². The first-order chi connectivity index (χ1) is 9.75. The van der Waals surface area contributed by atoms with Crippen LogP contribution in [0.5, 0.6) is 0 Å². The van der Waals surface area contributed by atoms with Gasteiger partial charge in [0.05, 0.1) is 6.33 Å². The Morgan fingerprint density at radius 3 is 3.00 bits per heavy atom. The zero-order chi connectivity index (χ0) is 13.9. The maximum Gasteiger partial charge on any atom is 0.191 e. The largest absolute Gasteiger partial charge is 0.337 e. The van der Waals surface area contributed by atoms with Gasteiger partial charge in [-0.25, -0.2) is 4.98 Å². The number of nitrogens with zero attached hydrogens (tertiary/aromatic N) is 5. The average molecular weight is 292 g/mol. The lowest BCUT2D eigenvalue weighted by Gasteiger charge is -2.21. The molecule has 3 heterocycles. The Labute approximate surface area is 123 Å². The Balaban J connectivity index is 1.68. The fraction of sp³-hybridized carbons (Fsp3) is 0.615. The van der Waals surface area contributed by atoms with Gasteiger partial charge in [-0.1, -0.05) is 11.8 Å². The quantitative estimate of drug-likeness (QED) is 0.861. The predicted molar refractivity (Wildman–Crippen MR) is 78.6 cm³/mol. The molecule has 0 spiro atoms. The third kappa shape index (κ3) is 2.73. The standard InChI is InChI=1S/C13H20N6S/c1-18-9-15-7-11(18)8-20-13-17-16-12(19(13)2)10-4-3-5-14-6-10/h7,9-10,14H,3-6,8H2,1-2H3. The number of imidazole rings is 1. The molecule has 1 atom stereocenters. The Kier molecular flexibility index (Phi) is 4.07. The van der Waals surface area contributed by atoms with Crippen LogP contribution in [0.4, 0.5) is 0 Å². The van der Waals surface area contributed by atoms with Crippen molar-refractivity contribution in [2.24, 2.45) is 14.1 Å². The zero-order valence-electron chi connectivity index (χ0n) is 11.9. The van der Waals surface area contributed by atoms with Gasteiger partial charge in [0, 0.05) is 44.2 Å². The highest BCUT2D eigenvalue weighted by molar-refractivity contribution is 7.98. The minimum Gasteiger partial charge on any atom is -0.337 e. The summed E-state index contributed by atoms with van der Waals surface area (Å²) in [6.07, 6.45) is 6.14. The minimum absolute atomic E-state index is 0.493. The molecule has 0 bridgehead atoms. The maximum atomic E-state index is 4.39. The van der Waals surface area contributed by atoms with Crippen LogP contribution in [-0.2, 0) is 19.8 Å². The molecule has 3 rings (SSSR count). The first kappa shape index (κ1) is 13.6. The van der Waals surface area contributed by atoms with Gasteiger partial charge in [0.2, 0.25) is 0 Å². The molecule has 1 aliphatic heterocycles. The lowest BCUT2D eigenvalue weighted by Crippen LogP contribution is -2.29. The molecule has 0 aliphatic carbocycles. The molecule has 1 N–H and O–H groups in total. The van der Waals surface area contributed by atoms with Gasteiger partial charge in [-0.05, 0) is 19.4 Å². The second kappa shape index (κ2) is 5.97. The number of nitrogens with one attached hydrogen (secondary N) is 1. The fourth-order valence-electron chi connectivity index (χ4n) is 2.54. The lowest BCUT2D eigenvalue weighted by molar-refractivity contribution is 0.436. The van der Waals surface area contributed by atoms with Crippen LogP contribution < -0.4 is 5.32 Å². The van der Waals surface area contributed by atoms with Crippen LogP contribution in [0.25, 0.3) is 0 Å². The SMILES string of the molecule is Cn1cncc1CSc1nnc(C2CCCNC2)n1C. The van der Waals surface area contributed by atoms with E-state index in [0.29, 0.717) is 5.92 Å². The van der Waals surface area contributed by atoms with Gasteiger partial charge in [-0.2, -0.15) is 0 Å². The summed E-state index contributed by atoms with van der Waals surface area (Å²) in [5.74, 6) is 2.46. The minimum atomic E-state index is 0.493. The summed E-state index contributed by atoms with van der Waals surface area (Å²) in [4.78, 5) is 4.13. The third-order valence-corrected chi connectivity index (χ3v) is 4.85. The van der Waals surface area contributed by atoms with Crippen molar-refractivity contribution in [3.8, 4) is 0 Å². The predicted octanol–water partition coefficient (Wildman–Crippen LogP) is 1.31. The van der Waals surface area contributed by atoms with Gasteiger partial charge >= 0.3 is 0 Å². The van der Waals surface area contributed by atoms with Crippen molar-refractivity contribution in [2.75, 3.05) is 13.1 Å². The highest BCUT2D eigenvalue weighted by Gasteiger charge is 2.21. The summed E-state index contributed by atoms with van der Waals surface area (Å²) >= 11 is 1.71. The smallest absolute Gasteiger partial charge is 0.191 e. The third-order valence-electron chi connectivity index (χ3n) is 3.80. The van der Waals surface area contributed by atoms with Crippen molar-refractivity contribution >= 4 is 11.8 Å². The molecule has 7 heteroatoms. The molecule has 2 aromatic heterocycles. The van der Waals surface area contributed by atoms with E-state index in [9.17, 15) is 0 Å². The number of thioether (sulfide) groups is 1. The summed E-state index contributed by atoms with van der Waals surface area (Å²) in [6, 6.07) is 0. The molecule has 0 saturated carbocycles. The first-order valence-electron chi connectivity index (χ1n) is 6.93. The Bertz CT molecular complexity index is 569. The van der Waals surface area contributed by atoms with Gasteiger partial charge in [0.15, 0.2) is 5.16 Å². The summed E-state index contributed by atoms with van der Waals surface area (Å²) < 4.78 is 4.17. The van der Waals surface area contributed by atoms with Gasteiger partial charge in [0.1, 0.15) is 5.82 Å². The molecule has 1 aliphatic rings. The number of rotatable bonds is 4. The number of aromatic nitrogens is 5. The van der Waals surface area contributed by atoms with Crippen LogP contribution >= 0.6 is 11.8 Å². The van der Waals surface area contributed by atoms with Crippen LogP contribution in [0, 0.1) is 0 Å². The Morgan fingerprint density at radius 1 is 1.40 bits per heavy atom. The molecule has 0 aromatic carbocycles. The van der Waals surface area contributed by atoms with Crippen LogP contribution in [-0.4, -0.2) is 37.4 Å². The summed E-state index contributed by atoms with van der Waals surface area (Å²) in [7, 11) is 4.08. The number of hydrogen-bond acceptors (Lipinski definition) is 5. The van der Waals surface area contributed by atoms with Gasteiger partial charge in [0.25, 0.3) is 0 Å². The van der Waals surface area contributed by atoms with Gasteiger partial charge < -0.3 is 14.5 Å². The van der Waals surface area contributed by atoms with Crippen LogP contribution in [0.2, 0.25) is 0 Å². The van der Waals surface area contributed by atoms with Crippen molar-refractivity contribution < 1.29 is 0 Å². The monoisotopic (exact) mass is 292 g/mol. The second-order valence-corrected chi connectivity index (χ2v) is 6.17. The highest BCUT2D eigenvalue weighted by atomic mass is 32.2. The van der Waals surface area contributed by atoms with E-state index < -0.39 is 0 Å². The van der Waals surface area contributed by atoms with E-state index in [1.54, 1.807) is 11.8 Å². The molecule has 0 amide bonds. The van der Waals surface area contributed by atoms with Crippen molar-refractivity contribution in [3.63, 3.8) is 0 Å². The van der Waals surface area contributed by atoms with Crippen molar-refractivity contribution in [3.05, 3.63) is 24.0 Å². The molecule has 1 unspecified atom stereocenters. The summed E-state index contributed by atoms with van der Waals surface area (Å²) in [5, 5.41) is 13.1. The number of aryl methyl sites for hydroxylation is 1. The van der Waals surface area contributed by atoms with Gasteiger partial charge in [-0.15, -0.1) is 10.2 Å². The average Bonchev–Trinajstić information content (AvgIpc) is 3.04. The van der Waals surface area contributed by atoms with E-state index in [1.165, 1.54) is 18.5 Å². The van der Waals surface area contributed by atoms with E-state index in [-0.39, 0.29) is 0 Å². The van der Waals surface area contributed by atoms with E-state index in [1.807, 2.05) is 24.1 Å².